The Hall–Kier alpha value is -3.85. The van der Waals surface area contributed by atoms with E-state index in [0.29, 0.717) is 44.2 Å². The standard InChI is InChI=1S/C29H21Cl3F2N2O4/c1-14-11-18(39-24-9-7-17(30)13-19(24)31)8-10-23(14)40-27-15(2)12-22(16(3)26(27)32)35-29(38)36-28(37)25-20(33)5-4-6-21(25)34/h4-13H,1-3H3,(H2,35,36,37,38). The van der Waals surface area contributed by atoms with E-state index in [1.165, 1.54) is 0 Å². The van der Waals surface area contributed by atoms with E-state index in [1.807, 2.05) is 12.2 Å². The Morgan fingerprint density at radius 1 is 0.800 bits per heavy atom. The van der Waals surface area contributed by atoms with Gasteiger partial charge in [0.1, 0.15) is 40.2 Å². The fourth-order valence-corrected chi connectivity index (χ4v) is 4.47. The molecular weight excluding hydrogens is 585 g/mol. The molecule has 2 N–H and O–H groups in total. The lowest BCUT2D eigenvalue weighted by atomic mass is 10.1. The molecule has 0 saturated carbocycles. The summed E-state index contributed by atoms with van der Waals surface area (Å²) in [7, 11) is 0. The molecule has 0 aromatic heterocycles. The molecule has 0 fully saturated rings. The summed E-state index contributed by atoms with van der Waals surface area (Å²) in [5.41, 5.74) is 1.17. The van der Waals surface area contributed by atoms with Crippen LogP contribution in [0.15, 0.2) is 60.7 Å². The highest BCUT2D eigenvalue weighted by atomic mass is 35.5. The van der Waals surface area contributed by atoms with Crippen molar-refractivity contribution in [3.63, 3.8) is 0 Å². The van der Waals surface area contributed by atoms with Crippen molar-refractivity contribution in [2.45, 2.75) is 20.8 Å². The fourth-order valence-electron chi connectivity index (χ4n) is 3.74. The third kappa shape index (κ3) is 6.47. The van der Waals surface area contributed by atoms with Crippen molar-refractivity contribution in [3.05, 3.63) is 110 Å². The number of benzene rings is 4. The van der Waals surface area contributed by atoms with E-state index in [9.17, 15) is 18.4 Å². The van der Waals surface area contributed by atoms with E-state index in [2.05, 4.69) is 5.32 Å². The van der Waals surface area contributed by atoms with Crippen molar-refractivity contribution < 1.29 is 27.8 Å². The van der Waals surface area contributed by atoms with Crippen molar-refractivity contribution in [2.75, 3.05) is 5.32 Å². The van der Waals surface area contributed by atoms with Gasteiger partial charge < -0.3 is 14.8 Å². The molecule has 0 atom stereocenters. The summed E-state index contributed by atoms with van der Waals surface area (Å²) in [4.78, 5) is 24.7. The van der Waals surface area contributed by atoms with E-state index in [0.717, 1.165) is 23.8 Å². The van der Waals surface area contributed by atoms with Gasteiger partial charge in [0.2, 0.25) is 0 Å². The lowest BCUT2D eigenvalue weighted by molar-refractivity contribution is 0.0959. The Balaban J connectivity index is 1.49. The average molecular weight is 606 g/mol. The molecule has 4 aromatic rings. The largest absolute Gasteiger partial charge is 0.456 e. The molecule has 0 unspecified atom stereocenters. The number of carbonyl (C=O) groups is 2. The number of hydrogen-bond acceptors (Lipinski definition) is 4. The van der Waals surface area contributed by atoms with Crippen LogP contribution in [0.1, 0.15) is 27.0 Å². The summed E-state index contributed by atoms with van der Waals surface area (Å²) in [6.07, 6.45) is 0. The van der Waals surface area contributed by atoms with Gasteiger partial charge in [-0.05, 0) is 92.1 Å². The molecule has 3 amide bonds. The van der Waals surface area contributed by atoms with Gasteiger partial charge in [-0.25, -0.2) is 13.6 Å². The monoisotopic (exact) mass is 604 g/mol. The van der Waals surface area contributed by atoms with Crippen LogP contribution in [-0.4, -0.2) is 11.9 Å². The van der Waals surface area contributed by atoms with Crippen molar-refractivity contribution in [2.24, 2.45) is 0 Å². The molecule has 11 heteroatoms. The average Bonchev–Trinajstić information content (AvgIpc) is 2.87. The maximum Gasteiger partial charge on any atom is 0.326 e. The van der Waals surface area contributed by atoms with Gasteiger partial charge in [0.05, 0.1) is 10.0 Å². The van der Waals surface area contributed by atoms with Gasteiger partial charge in [0, 0.05) is 10.7 Å². The molecule has 0 bridgehead atoms. The summed E-state index contributed by atoms with van der Waals surface area (Å²) >= 11 is 18.7. The number of imide groups is 1. The lowest BCUT2D eigenvalue weighted by Gasteiger charge is -2.18. The van der Waals surface area contributed by atoms with Gasteiger partial charge in [-0.1, -0.05) is 40.9 Å². The van der Waals surface area contributed by atoms with Gasteiger partial charge >= 0.3 is 6.03 Å². The molecule has 0 spiro atoms. The third-order valence-corrected chi connectivity index (χ3v) is 6.78. The molecule has 0 saturated heterocycles. The molecule has 4 rings (SSSR count). The van der Waals surface area contributed by atoms with Crippen molar-refractivity contribution in [1.29, 1.82) is 0 Å². The zero-order valence-electron chi connectivity index (χ0n) is 21.3. The minimum Gasteiger partial charge on any atom is -0.456 e. The number of urea groups is 1. The first-order chi connectivity index (χ1) is 18.9. The second-order valence-electron chi connectivity index (χ2n) is 8.72. The van der Waals surface area contributed by atoms with Crippen LogP contribution >= 0.6 is 34.8 Å². The van der Waals surface area contributed by atoms with Gasteiger partial charge in [0.25, 0.3) is 5.91 Å². The number of carbonyl (C=O) groups excluding carboxylic acids is 2. The van der Waals surface area contributed by atoms with E-state index < -0.39 is 29.1 Å². The molecule has 40 heavy (non-hydrogen) atoms. The number of nitrogens with one attached hydrogen (secondary N) is 2. The predicted molar refractivity (Wildman–Crippen MR) is 152 cm³/mol. The van der Waals surface area contributed by atoms with Gasteiger partial charge in [-0.2, -0.15) is 0 Å². The number of hydrogen-bond donors (Lipinski definition) is 2. The fraction of sp³-hybridized carbons (Fsp3) is 0.103. The number of anilines is 1. The highest BCUT2D eigenvalue weighted by Gasteiger charge is 2.21. The first kappa shape index (κ1) is 29.1. The van der Waals surface area contributed by atoms with Crippen LogP contribution in [0.5, 0.6) is 23.0 Å². The van der Waals surface area contributed by atoms with Crippen molar-refractivity contribution >= 4 is 52.4 Å². The van der Waals surface area contributed by atoms with E-state index >= 15 is 0 Å². The highest BCUT2D eigenvalue weighted by Crippen LogP contribution is 2.41. The van der Waals surface area contributed by atoms with Crippen LogP contribution < -0.4 is 20.1 Å². The quantitative estimate of drug-likeness (QED) is 0.230. The SMILES string of the molecule is Cc1cc(Oc2ccc(Cl)cc2Cl)ccc1Oc1c(C)cc(NC(=O)NC(=O)c2c(F)cccc2F)c(C)c1Cl. The molecule has 206 valence electrons. The zero-order valence-corrected chi connectivity index (χ0v) is 23.6. The Morgan fingerprint density at radius 3 is 2.12 bits per heavy atom. The normalized spacial score (nSPS) is 10.7. The van der Waals surface area contributed by atoms with Crippen LogP contribution in [0.3, 0.4) is 0 Å². The highest BCUT2D eigenvalue weighted by molar-refractivity contribution is 6.35. The third-order valence-electron chi connectivity index (χ3n) is 5.80. The molecule has 6 nitrogen and oxygen atoms in total. The summed E-state index contributed by atoms with van der Waals surface area (Å²) in [6.45, 7) is 5.19. The van der Waals surface area contributed by atoms with Crippen molar-refractivity contribution in [3.8, 4) is 23.0 Å². The Morgan fingerprint density at radius 2 is 1.48 bits per heavy atom. The molecule has 4 aromatic carbocycles. The second-order valence-corrected chi connectivity index (χ2v) is 9.94. The zero-order chi connectivity index (χ0) is 29.1. The Bertz CT molecular complexity index is 1630. The van der Waals surface area contributed by atoms with Gasteiger partial charge in [-0.15, -0.1) is 0 Å². The smallest absolute Gasteiger partial charge is 0.326 e. The molecule has 0 aliphatic heterocycles. The predicted octanol–water partition coefficient (Wildman–Crippen LogP) is 9.40. The molecule has 0 aliphatic rings. The number of aryl methyl sites for hydroxylation is 2. The summed E-state index contributed by atoms with van der Waals surface area (Å²) in [5, 5.41) is 5.48. The molecule has 0 aliphatic carbocycles. The van der Waals surface area contributed by atoms with Crippen LogP contribution in [0, 0.1) is 32.4 Å². The van der Waals surface area contributed by atoms with Crippen LogP contribution in [-0.2, 0) is 0 Å². The Labute approximate surface area is 243 Å². The molecule has 0 radical (unpaired) electrons. The topological polar surface area (TPSA) is 76.7 Å². The van der Waals surface area contributed by atoms with Crippen LogP contribution in [0.2, 0.25) is 15.1 Å². The number of ether oxygens (including phenoxy) is 2. The van der Waals surface area contributed by atoms with Crippen LogP contribution in [0.4, 0.5) is 19.3 Å². The van der Waals surface area contributed by atoms with Gasteiger partial charge in [-0.3, -0.25) is 10.1 Å². The lowest BCUT2D eigenvalue weighted by Crippen LogP contribution is -2.35. The summed E-state index contributed by atoms with van der Waals surface area (Å²) < 4.78 is 39.7. The maximum atomic E-state index is 13.9. The van der Waals surface area contributed by atoms with E-state index in [1.54, 1.807) is 56.3 Å². The van der Waals surface area contributed by atoms with Crippen LogP contribution in [0.25, 0.3) is 0 Å². The number of rotatable bonds is 6. The molecular formula is C29H21Cl3F2N2O4. The minimum atomic E-state index is -1.23. The Kier molecular flexibility index (Phi) is 8.83. The number of halogens is 5. The van der Waals surface area contributed by atoms with Gasteiger partial charge in [0.15, 0.2) is 0 Å². The minimum absolute atomic E-state index is 0.217. The van der Waals surface area contributed by atoms with E-state index in [4.69, 9.17) is 44.3 Å². The molecule has 0 heterocycles. The first-order valence-electron chi connectivity index (χ1n) is 11.7. The van der Waals surface area contributed by atoms with E-state index in [-0.39, 0.29) is 10.7 Å². The number of amides is 3. The summed E-state index contributed by atoms with van der Waals surface area (Å²) in [5.74, 6) is -1.57. The maximum absolute atomic E-state index is 13.9. The second kappa shape index (κ2) is 12.1. The van der Waals surface area contributed by atoms with Crippen molar-refractivity contribution in [1.82, 2.24) is 5.32 Å². The summed E-state index contributed by atoms with van der Waals surface area (Å²) in [6, 6.07) is 13.7. The first-order valence-corrected chi connectivity index (χ1v) is 12.9.